The van der Waals surface area contributed by atoms with Gasteiger partial charge in [0.05, 0.1) is 6.67 Å². The lowest BCUT2D eigenvalue weighted by atomic mass is 10.0. The van der Waals surface area contributed by atoms with Crippen LogP contribution in [0, 0.1) is 0 Å². The van der Waals surface area contributed by atoms with Gasteiger partial charge in [0.25, 0.3) is 0 Å². The molecule has 1 aliphatic rings. The lowest BCUT2D eigenvalue weighted by Gasteiger charge is -2.36. The maximum absolute atomic E-state index is 12.5. The Bertz CT molecular complexity index is 442. The zero-order chi connectivity index (χ0) is 14.0. The molecule has 1 saturated heterocycles. The zero-order valence-corrected chi connectivity index (χ0v) is 12.2. The Kier molecular flexibility index (Phi) is 3.92. The standard InChI is InChI=1S/C15H23N3O/c1-15(2,17(3)4)10-18-11-16-13(14(18)19)12-8-6-5-7-9-12/h5-9,13,16H,10-11H2,1-4H3. The first kappa shape index (κ1) is 14.0. The van der Waals surface area contributed by atoms with E-state index < -0.39 is 0 Å². The van der Waals surface area contributed by atoms with E-state index >= 15 is 0 Å². The maximum Gasteiger partial charge on any atom is 0.245 e. The molecule has 19 heavy (non-hydrogen) atoms. The minimum atomic E-state index is -0.195. The van der Waals surface area contributed by atoms with Crippen molar-refractivity contribution in [2.45, 2.75) is 25.4 Å². The molecule has 1 amide bonds. The van der Waals surface area contributed by atoms with Crippen molar-refractivity contribution in [1.82, 2.24) is 15.1 Å². The molecule has 1 heterocycles. The van der Waals surface area contributed by atoms with E-state index in [0.29, 0.717) is 6.67 Å². The number of nitrogens with one attached hydrogen (secondary N) is 1. The molecule has 1 aromatic carbocycles. The van der Waals surface area contributed by atoms with Crippen LogP contribution in [0.15, 0.2) is 30.3 Å². The van der Waals surface area contributed by atoms with Crippen molar-refractivity contribution in [3.8, 4) is 0 Å². The first-order chi connectivity index (χ1) is 8.92. The van der Waals surface area contributed by atoms with Crippen molar-refractivity contribution in [2.24, 2.45) is 0 Å². The summed E-state index contributed by atoms with van der Waals surface area (Å²) >= 11 is 0. The number of amides is 1. The average Bonchev–Trinajstić information content (AvgIpc) is 2.71. The minimum Gasteiger partial charge on any atom is -0.326 e. The first-order valence-electron chi connectivity index (χ1n) is 6.66. The molecule has 0 aromatic heterocycles. The molecule has 1 N–H and O–H groups in total. The highest BCUT2D eigenvalue weighted by atomic mass is 16.2. The molecular formula is C15H23N3O. The largest absolute Gasteiger partial charge is 0.326 e. The van der Waals surface area contributed by atoms with Crippen LogP contribution in [-0.2, 0) is 4.79 Å². The van der Waals surface area contributed by atoms with Crippen LogP contribution in [0.5, 0.6) is 0 Å². The Labute approximate surface area is 115 Å². The number of hydrogen-bond acceptors (Lipinski definition) is 3. The van der Waals surface area contributed by atoms with Crippen molar-refractivity contribution in [3.63, 3.8) is 0 Å². The summed E-state index contributed by atoms with van der Waals surface area (Å²) in [4.78, 5) is 16.5. The Morgan fingerprint density at radius 3 is 2.53 bits per heavy atom. The second kappa shape index (κ2) is 5.31. The van der Waals surface area contributed by atoms with E-state index in [-0.39, 0.29) is 17.5 Å². The number of carbonyl (C=O) groups excluding carboxylic acids is 1. The number of carbonyl (C=O) groups is 1. The molecule has 0 radical (unpaired) electrons. The molecular weight excluding hydrogens is 238 g/mol. The molecule has 1 unspecified atom stereocenters. The highest BCUT2D eigenvalue weighted by Crippen LogP contribution is 2.22. The fraction of sp³-hybridized carbons (Fsp3) is 0.533. The maximum atomic E-state index is 12.5. The van der Waals surface area contributed by atoms with Gasteiger partial charge in [-0.1, -0.05) is 30.3 Å². The molecule has 104 valence electrons. The van der Waals surface area contributed by atoms with Gasteiger partial charge in [0.15, 0.2) is 0 Å². The van der Waals surface area contributed by atoms with Crippen LogP contribution in [0.1, 0.15) is 25.5 Å². The minimum absolute atomic E-state index is 0.0249. The van der Waals surface area contributed by atoms with Gasteiger partial charge in [-0.25, -0.2) is 0 Å². The predicted molar refractivity (Wildman–Crippen MR) is 76.7 cm³/mol. The third-order valence-corrected chi connectivity index (χ3v) is 3.97. The van der Waals surface area contributed by atoms with E-state index in [9.17, 15) is 4.79 Å². The molecule has 4 nitrogen and oxygen atoms in total. The summed E-state index contributed by atoms with van der Waals surface area (Å²) in [5, 5.41) is 3.29. The quantitative estimate of drug-likeness (QED) is 0.891. The van der Waals surface area contributed by atoms with Crippen LogP contribution in [0.3, 0.4) is 0 Å². The van der Waals surface area contributed by atoms with Crippen LogP contribution in [0.2, 0.25) is 0 Å². The topological polar surface area (TPSA) is 35.6 Å². The predicted octanol–water partition coefficient (Wildman–Crippen LogP) is 1.46. The number of likely N-dealkylation sites (N-methyl/N-ethyl adjacent to an activating group) is 1. The van der Waals surface area contributed by atoms with Crippen LogP contribution in [0.25, 0.3) is 0 Å². The average molecular weight is 261 g/mol. The number of nitrogens with zero attached hydrogens (tertiary/aromatic N) is 2. The van der Waals surface area contributed by atoms with E-state index in [1.807, 2.05) is 49.3 Å². The van der Waals surface area contributed by atoms with Gasteiger partial charge in [0, 0.05) is 12.1 Å². The smallest absolute Gasteiger partial charge is 0.245 e. The van der Waals surface area contributed by atoms with Crippen LogP contribution >= 0.6 is 0 Å². The van der Waals surface area contributed by atoms with Gasteiger partial charge in [0.1, 0.15) is 6.04 Å². The molecule has 1 aliphatic heterocycles. The Morgan fingerprint density at radius 2 is 1.95 bits per heavy atom. The highest BCUT2D eigenvalue weighted by Gasteiger charge is 2.35. The molecule has 1 fully saturated rings. The molecule has 0 saturated carbocycles. The van der Waals surface area contributed by atoms with Crippen molar-refractivity contribution >= 4 is 5.91 Å². The van der Waals surface area contributed by atoms with Crippen molar-refractivity contribution < 1.29 is 4.79 Å². The third kappa shape index (κ3) is 2.96. The number of benzene rings is 1. The molecule has 2 rings (SSSR count). The molecule has 0 spiro atoms. The van der Waals surface area contributed by atoms with Crippen LogP contribution in [-0.4, -0.2) is 48.6 Å². The van der Waals surface area contributed by atoms with E-state index in [1.54, 1.807) is 0 Å². The van der Waals surface area contributed by atoms with Crippen molar-refractivity contribution in [3.05, 3.63) is 35.9 Å². The lowest BCUT2D eigenvalue weighted by molar-refractivity contribution is -0.130. The summed E-state index contributed by atoms with van der Waals surface area (Å²) in [6, 6.07) is 9.70. The van der Waals surface area contributed by atoms with Crippen LogP contribution < -0.4 is 5.32 Å². The molecule has 0 bridgehead atoms. The normalized spacial score (nSPS) is 20.4. The van der Waals surface area contributed by atoms with E-state index in [0.717, 1.165) is 12.1 Å². The summed E-state index contributed by atoms with van der Waals surface area (Å²) in [5.41, 5.74) is 1.01. The fourth-order valence-electron chi connectivity index (χ4n) is 2.20. The molecule has 1 aromatic rings. The van der Waals surface area contributed by atoms with Gasteiger partial charge < -0.3 is 9.80 Å². The Morgan fingerprint density at radius 1 is 1.32 bits per heavy atom. The van der Waals surface area contributed by atoms with Crippen molar-refractivity contribution in [1.29, 1.82) is 0 Å². The van der Waals surface area contributed by atoms with Gasteiger partial charge in [-0.3, -0.25) is 10.1 Å². The Hall–Kier alpha value is -1.39. The summed E-state index contributed by atoms with van der Waals surface area (Å²) in [7, 11) is 4.09. The van der Waals surface area contributed by atoms with Gasteiger partial charge in [-0.05, 0) is 33.5 Å². The highest BCUT2D eigenvalue weighted by molar-refractivity contribution is 5.85. The van der Waals surface area contributed by atoms with E-state index in [1.165, 1.54) is 0 Å². The van der Waals surface area contributed by atoms with Crippen molar-refractivity contribution in [2.75, 3.05) is 27.3 Å². The molecule has 4 heteroatoms. The molecule has 0 aliphatic carbocycles. The summed E-state index contributed by atoms with van der Waals surface area (Å²) in [6.07, 6.45) is 0. The number of rotatable bonds is 4. The van der Waals surface area contributed by atoms with Gasteiger partial charge in [-0.2, -0.15) is 0 Å². The van der Waals surface area contributed by atoms with Crippen LogP contribution in [0.4, 0.5) is 0 Å². The number of hydrogen-bond donors (Lipinski definition) is 1. The summed E-state index contributed by atoms with van der Waals surface area (Å²) in [5.74, 6) is 0.168. The summed E-state index contributed by atoms with van der Waals surface area (Å²) < 4.78 is 0. The second-order valence-corrected chi connectivity index (χ2v) is 5.95. The van der Waals surface area contributed by atoms with E-state index in [2.05, 4.69) is 24.1 Å². The third-order valence-electron chi connectivity index (χ3n) is 3.97. The lowest BCUT2D eigenvalue weighted by Crippen LogP contribution is -2.49. The SMILES string of the molecule is CN(C)C(C)(C)CN1CNC(c2ccccc2)C1=O. The Balaban J connectivity index is 2.07. The van der Waals surface area contributed by atoms with Gasteiger partial charge >= 0.3 is 0 Å². The summed E-state index contributed by atoms with van der Waals surface area (Å²) in [6.45, 7) is 5.65. The van der Waals surface area contributed by atoms with Gasteiger partial charge in [-0.15, -0.1) is 0 Å². The molecule has 1 atom stereocenters. The first-order valence-corrected chi connectivity index (χ1v) is 6.66. The van der Waals surface area contributed by atoms with Gasteiger partial charge in [0.2, 0.25) is 5.91 Å². The fourth-order valence-corrected chi connectivity index (χ4v) is 2.20. The monoisotopic (exact) mass is 261 g/mol. The van der Waals surface area contributed by atoms with E-state index in [4.69, 9.17) is 0 Å². The zero-order valence-electron chi connectivity index (χ0n) is 12.2. The second-order valence-electron chi connectivity index (χ2n) is 5.95.